The third-order valence-electron chi connectivity index (χ3n) is 6.75. The number of aliphatic hydroxyl groups excluding tert-OH is 3. The highest BCUT2D eigenvalue weighted by Gasteiger charge is 2.44. The number of hydrogen-bond donors (Lipinski definition) is 4. The lowest BCUT2D eigenvalue weighted by Gasteiger charge is -2.41. The average Bonchev–Trinajstić information content (AvgIpc) is 3.78. The van der Waals surface area contributed by atoms with Crippen molar-refractivity contribution >= 4 is 34.4 Å². The summed E-state index contributed by atoms with van der Waals surface area (Å²) in [5.74, 6) is 0.220. The van der Waals surface area contributed by atoms with Gasteiger partial charge in [-0.25, -0.2) is 0 Å². The third-order valence-corrected chi connectivity index (χ3v) is 7.55. The minimum absolute atomic E-state index is 0.0480. The number of nitrogens with one attached hydrogen (secondary N) is 1. The molecule has 9 nitrogen and oxygen atoms in total. The number of halogens is 1. The summed E-state index contributed by atoms with van der Waals surface area (Å²) in [6.45, 7) is -0.00825. The average molecular weight is 636 g/mol. The molecule has 1 saturated carbocycles. The van der Waals surface area contributed by atoms with Crippen molar-refractivity contribution in [1.82, 2.24) is 10.2 Å². The van der Waals surface area contributed by atoms with Crippen molar-refractivity contribution in [1.29, 1.82) is 0 Å². The predicted octanol–water partition coefficient (Wildman–Crippen LogP) is 2.15. The van der Waals surface area contributed by atoms with Crippen LogP contribution in [0, 0.1) is 9.49 Å². The Kier molecular flexibility index (Phi) is 9.64. The molecule has 1 fully saturated rings. The molecule has 0 saturated heterocycles. The molecule has 204 valence electrons. The number of hydrogen-bond acceptors (Lipinski definition) is 7. The molecule has 3 unspecified atom stereocenters. The number of carbonyl (C=O) groups is 2. The van der Waals surface area contributed by atoms with E-state index in [1.54, 1.807) is 23.1 Å². The first-order valence-electron chi connectivity index (χ1n) is 12.6. The van der Waals surface area contributed by atoms with E-state index in [1.165, 1.54) is 7.11 Å². The minimum Gasteiger partial charge on any atom is -0.493 e. The number of methoxy groups -OCH3 is 1. The fraction of sp³-hybridized carbons (Fsp3) is 0.429. The zero-order chi connectivity index (χ0) is 27.2. The predicted molar refractivity (Wildman–Crippen MR) is 148 cm³/mol. The van der Waals surface area contributed by atoms with Gasteiger partial charge in [0.05, 0.1) is 29.9 Å². The van der Waals surface area contributed by atoms with E-state index in [2.05, 4.69) is 27.9 Å². The van der Waals surface area contributed by atoms with Crippen LogP contribution in [0.5, 0.6) is 11.5 Å². The second kappa shape index (κ2) is 12.9. The molecule has 2 aliphatic carbocycles. The Morgan fingerprint density at radius 1 is 1.13 bits per heavy atom. The first-order chi connectivity index (χ1) is 18.4. The maximum Gasteiger partial charge on any atom is 0.247 e. The van der Waals surface area contributed by atoms with Crippen LogP contribution in [0.3, 0.4) is 0 Å². The molecule has 10 heteroatoms. The van der Waals surface area contributed by atoms with Crippen LogP contribution in [0.25, 0.3) is 0 Å². The number of aliphatic hydroxyl groups is 3. The molecule has 2 amide bonds. The van der Waals surface area contributed by atoms with E-state index < -0.39 is 18.2 Å². The van der Waals surface area contributed by atoms with E-state index in [4.69, 9.17) is 9.47 Å². The quantitative estimate of drug-likeness (QED) is 0.279. The molecule has 0 spiro atoms. The number of rotatable bonds is 11. The summed E-state index contributed by atoms with van der Waals surface area (Å²) >= 11 is 2.07. The lowest BCUT2D eigenvalue weighted by molar-refractivity contribution is -0.140. The van der Waals surface area contributed by atoms with E-state index in [9.17, 15) is 24.9 Å². The monoisotopic (exact) mass is 636 g/mol. The number of benzene rings is 2. The molecule has 0 aromatic heterocycles. The molecule has 38 heavy (non-hydrogen) atoms. The zero-order valence-electron chi connectivity index (χ0n) is 21.2. The van der Waals surface area contributed by atoms with Crippen LogP contribution < -0.4 is 14.8 Å². The van der Waals surface area contributed by atoms with Crippen LogP contribution in [-0.2, 0) is 22.7 Å². The molecular formula is C28H33IN2O7. The smallest absolute Gasteiger partial charge is 0.247 e. The van der Waals surface area contributed by atoms with Gasteiger partial charge in [0, 0.05) is 31.0 Å². The van der Waals surface area contributed by atoms with Gasteiger partial charge < -0.3 is 35.0 Å². The Hall–Kier alpha value is -2.67. The lowest BCUT2D eigenvalue weighted by atomic mass is 9.87. The second-order valence-corrected chi connectivity index (χ2v) is 10.7. The molecule has 0 radical (unpaired) electrons. The van der Waals surface area contributed by atoms with Crippen molar-refractivity contribution in [2.75, 3.05) is 20.3 Å². The zero-order valence-corrected chi connectivity index (χ0v) is 23.3. The Bertz CT molecular complexity index is 1170. The van der Waals surface area contributed by atoms with Gasteiger partial charge in [0.1, 0.15) is 12.2 Å². The highest BCUT2D eigenvalue weighted by Crippen LogP contribution is 2.39. The van der Waals surface area contributed by atoms with Crippen LogP contribution in [0.15, 0.2) is 54.1 Å². The normalized spacial score (nSPS) is 20.9. The van der Waals surface area contributed by atoms with Crippen LogP contribution in [0.2, 0.25) is 0 Å². The van der Waals surface area contributed by atoms with E-state index in [0.29, 0.717) is 32.8 Å². The van der Waals surface area contributed by atoms with Crippen molar-refractivity contribution in [3.63, 3.8) is 0 Å². The molecule has 2 aliphatic rings. The van der Waals surface area contributed by atoms with Crippen LogP contribution in [-0.4, -0.2) is 70.5 Å². The van der Waals surface area contributed by atoms with Gasteiger partial charge in [-0.05, 0) is 64.8 Å². The van der Waals surface area contributed by atoms with Gasteiger partial charge in [-0.1, -0.05) is 30.3 Å². The fourth-order valence-corrected chi connectivity index (χ4v) is 5.39. The van der Waals surface area contributed by atoms with Crippen molar-refractivity contribution in [3.05, 3.63) is 68.8 Å². The maximum absolute atomic E-state index is 13.5. The van der Waals surface area contributed by atoms with Gasteiger partial charge in [-0.3, -0.25) is 9.59 Å². The van der Waals surface area contributed by atoms with E-state index >= 15 is 0 Å². The van der Waals surface area contributed by atoms with Gasteiger partial charge in [-0.15, -0.1) is 0 Å². The summed E-state index contributed by atoms with van der Waals surface area (Å²) in [6.07, 6.45) is 1.23. The van der Waals surface area contributed by atoms with Crippen molar-refractivity contribution in [2.45, 2.75) is 50.7 Å². The fourth-order valence-electron chi connectivity index (χ4n) is 4.60. The van der Waals surface area contributed by atoms with E-state index in [-0.39, 0.29) is 43.9 Å². The highest BCUT2D eigenvalue weighted by atomic mass is 127. The van der Waals surface area contributed by atoms with Crippen LogP contribution in [0.1, 0.15) is 30.4 Å². The molecule has 0 bridgehead atoms. The summed E-state index contributed by atoms with van der Waals surface area (Å²) in [5.41, 5.74) is 1.92. The summed E-state index contributed by atoms with van der Waals surface area (Å²) in [5, 5.41) is 33.0. The van der Waals surface area contributed by atoms with Gasteiger partial charge in [0.25, 0.3) is 0 Å². The van der Waals surface area contributed by atoms with Crippen LogP contribution >= 0.6 is 22.6 Å². The molecule has 4 rings (SSSR count). The van der Waals surface area contributed by atoms with E-state index in [0.717, 1.165) is 18.4 Å². The standard InChI is InChI=1S/C28H33IN2O7/c1-37-24-12-18(16-33)11-21(29)26(24)38-23-14-20(27(35)30-9-10-32)13-22(25(23)34)31(28(36)19-7-8-19)15-17-5-3-2-4-6-17/h2-6,11-12,14,19,22-23,25,32-34H,7-10,13,15-16H2,1H3,(H,30,35). The minimum atomic E-state index is -1.13. The topological polar surface area (TPSA) is 129 Å². The summed E-state index contributed by atoms with van der Waals surface area (Å²) in [7, 11) is 1.49. The number of ether oxygens (including phenoxy) is 2. The van der Waals surface area contributed by atoms with Crippen molar-refractivity contribution < 1.29 is 34.4 Å². The molecule has 2 aromatic rings. The van der Waals surface area contributed by atoms with Gasteiger partial charge in [0.2, 0.25) is 11.8 Å². The third kappa shape index (κ3) is 6.66. The molecule has 4 N–H and O–H groups in total. The Morgan fingerprint density at radius 3 is 2.50 bits per heavy atom. The number of amides is 2. The lowest BCUT2D eigenvalue weighted by Crippen LogP contribution is -2.55. The summed E-state index contributed by atoms with van der Waals surface area (Å²) < 4.78 is 12.4. The SMILES string of the molecule is COc1cc(CO)cc(I)c1OC1C=C(C(=O)NCCO)CC(N(Cc2ccccc2)C(=O)C2CC2)C1O. The van der Waals surface area contributed by atoms with Gasteiger partial charge >= 0.3 is 0 Å². The number of nitrogens with zero attached hydrogens (tertiary/aromatic N) is 1. The Labute approximate surface area is 235 Å². The first-order valence-corrected chi connectivity index (χ1v) is 13.7. The van der Waals surface area contributed by atoms with Gasteiger partial charge in [0.15, 0.2) is 11.5 Å². The number of carbonyl (C=O) groups excluding carboxylic acids is 2. The summed E-state index contributed by atoms with van der Waals surface area (Å²) in [4.78, 5) is 28.1. The van der Waals surface area contributed by atoms with Crippen molar-refractivity contribution in [3.8, 4) is 11.5 Å². The Balaban J connectivity index is 1.70. The van der Waals surface area contributed by atoms with Crippen LogP contribution in [0.4, 0.5) is 0 Å². The molecule has 0 heterocycles. The molecule has 0 aliphatic heterocycles. The van der Waals surface area contributed by atoms with E-state index in [1.807, 2.05) is 30.3 Å². The Morgan fingerprint density at radius 2 is 1.87 bits per heavy atom. The molecule has 2 aromatic carbocycles. The first kappa shape index (κ1) is 28.3. The summed E-state index contributed by atoms with van der Waals surface area (Å²) in [6, 6.07) is 12.2. The second-order valence-electron chi connectivity index (χ2n) is 9.51. The maximum atomic E-state index is 13.5. The van der Waals surface area contributed by atoms with Gasteiger partial charge in [-0.2, -0.15) is 0 Å². The van der Waals surface area contributed by atoms with Crippen molar-refractivity contribution in [2.24, 2.45) is 5.92 Å². The largest absolute Gasteiger partial charge is 0.493 e. The highest BCUT2D eigenvalue weighted by molar-refractivity contribution is 14.1. The molecule has 3 atom stereocenters. The molecular weight excluding hydrogens is 603 g/mol.